The number of anilines is 1. The lowest BCUT2D eigenvalue weighted by Crippen LogP contribution is -2.44. The van der Waals surface area contributed by atoms with E-state index in [1.807, 2.05) is 41.7 Å². The van der Waals surface area contributed by atoms with E-state index in [-0.39, 0.29) is 5.91 Å². The molecule has 0 unspecified atom stereocenters. The first-order valence-corrected chi connectivity index (χ1v) is 12.5. The zero-order valence-electron chi connectivity index (χ0n) is 15.7. The van der Waals surface area contributed by atoms with Crippen LogP contribution in [0.3, 0.4) is 0 Å². The fraction of sp³-hybridized carbons (Fsp3) is 0.409. The largest absolute Gasteiger partial charge is 0.381 e. The Hall–Kier alpha value is -0.950. The fourth-order valence-corrected chi connectivity index (χ4v) is 6.97. The second-order valence-electron chi connectivity index (χ2n) is 7.21. The summed E-state index contributed by atoms with van der Waals surface area (Å²) in [5.41, 5.74) is 2.70. The highest BCUT2D eigenvalue weighted by Gasteiger charge is 2.41. The summed E-state index contributed by atoms with van der Waals surface area (Å²) in [5, 5.41) is 3.22. The van der Waals surface area contributed by atoms with Gasteiger partial charge in [-0.1, -0.05) is 40.2 Å². The number of hydrogen-bond donors (Lipinski definition) is 1. The number of nitrogens with one attached hydrogen (secondary N) is 1. The monoisotopic (exact) mass is 477 g/mol. The molecule has 0 aliphatic carbocycles. The Balaban J connectivity index is 1.57. The van der Waals surface area contributed by atoms with Crippen LogP contribution in [0.5, 0.6) is 0 Å². The molecule has 0 aromatic heterocycles. The van der Waals surface area contributed by atoms with Crippen LogP contribution in [0.25, 0.3) is 0 Å². The Morgan fingerprint density at radius 2 is 1.79 bits per heavy atom. The standard InChI is InChI=1S/C22H24BrNO2S2/c23-18-7-5-17(6-8-18)22(9-11-26-12-10-22)21(25)24-19-4-1-3-16(15-19)20-27-13-2-14-28-20/h1,3-8,15,20H,2,9-14H2,(H,24,25). The van der Waals surface area contributed by atoms with Crippen LogP contribution in [0.15, 0.2) is 53.0 Å². The lowest BCUT2D eigenvalue weighted by atomic mass is 9.73. The lowest BCUT2D eigenvalue weighted by molar-refractivity contribution is -0.125. The van der Waals surface area contributed by atoms with E-state index in [2.05, 4.69) is 51.6 Å². The van der Waals surface area contributed by atoms with Gasteiger partial charge in [-0.3, -0.25) is 4.79 Å². The summed E-state index contributed by atoms with van der Waals surface area (Å²) in [6.45, 7) is 1.22. The molecule has 2 aromatic carbocycles. The third kappa shape index (κ3) is 4.45. The van der Waals surface area contributed by atoms with Crippen LogP contribution in [0, 0.1) is 0 Å². The van der Waals surface area contributed by atoms with E-state index in [1.165, 1.54) is 23.5 Å². The molecule has 148 valence electrons. The third-order valence-electron chi connectivity index (χ3n) is 5.42. The van der Waals surface area contributed by atoms with Gasteiger partial charge in [0, 0.05) is 23.4 Å². The highest BCUT2D eigenvalue weighted by molar-refractivity contribution is 9.10. The van der Waals surface area contributed by atoms with Gasteiger partial charge in [-0.15, -0.1) is 23.5 Å². The van der Waals surface area contributed by atoms with E-state index in [0.717, 1.165) is 15.7 Å². The summed E-state index contributed by atoms with van der Waals surface area (Å²) in [6.07, 6.45) is 2.68. The fourth-order valence-electron chi connectivity index (χ4n) is 3.83. The van der Waals surface area contributed by atoms with Gasteiger partial charge in [0.1, 0.15) is 0 Å². The lowest BCUT2D eigenvalue weighted by Gasteiger charge is -2.36. The molecule has 2 aliphatic heterocycles. The smallest absolute Gasteiger partial charge is 0.235 e. The van der Waals surface area contributed by atoms with Gasteiger partial charge in [-0.2, -0.15) is 0 Å². The first-order chi connectivity index (χ1) is 13.7. The minimum absolute atomic E-state index is 0.0687. The van der Waals surface area contributed by atoms with Crippen molar-refractivity contribution in [2.45, 2.75) is 29.3 Å². The minimum atomic E-state index is -0.538. The van der Waals surface area contributed by atoms with Crippen LogP contribution >= 0.6 is 39.5 Å². The first kappa shape index (κ1) is 20.3. The average molecular weight is 478 g/mol. The van der Waals surface area contributed by atoms with Crippen molar-refractivity contribution in [1.82, 2.24) is 0 Å². The Kier molecular flexibility index (Phi) is 6.71. The summed E-state index contributed by atoms with van der Waals surface area (Å²) in [6, 6.07) is 16.5. The number of rotatable bonds is 4. The zero-order valence-corrected chi connectivity index (χ0v) is 18.9. The maximum atomic E-state index is 13.5. The van der Waals surface area contributed by atoms with Crippen molar-refractivity contribution in [3.63, 3.8) is 0 Å². The molecule has 2 aliphatic rings. The second kappa shape index (κ2) is 9.24. The van der Waals surface area contributed by atoms with Crippen LogP contribution in [0.2, 0.25) is 0 Å². The Labute approximate surface area is 183 Å². The Bertz CT molecular complexity index is 816. The van der Waals surface area contributed by atoms with Gasteiger partial charge >= 0.3 is 0 Å². The third-order valence-corrected chi connectivity index (χ3v) is 8.97. The molecule has 4 rings (SSSR count). The van der Waals surface area contributed by atoms with Crippen LogP contribution in [-0.4, -0.2) is 30.6 Å². The Morgan fingerprint density at radius 3 is 2.50 bits per heavy atom. The molecule has 2 saturated heterocycles. The predicted molar refractivity (Wildman–Crippen MR) is 123 cm³/mol. The predicted octanol–water partition coefficient (Wildman–Crippen LogP) is 6.00. The maximum Gasteiger partial charge on any atom is 0.235 e. The van der Waals surface area contributed by atoms with Gasteiger partial charge < -0.3 is 10.1 Å². The number of halogens is 1. The van der Waals surface area contributed by atoms with Crippen molar-refractivity contribution in [3.8, 4) is 0 Å². The molecular formula is C22H24BrNO2S2. The number of thioether (sulfide) groups is 2. The summed E-state index contributed by atoms with van der Waals surface area (Å²) >= 11 is 7.49. The molecule has 0 radical (unpaired) electrons. The number of hydrogen-bond acceptors (Lipinski definition) is 4. The van der Waals surface area contributed by atoms with Gasteiger partial charge in [0.15, 0.2) is 0 Å². The van der Waals surface area contributed by atoms with E-state index in [4.69, 9.17) is 4.74 Å². The molecule has 28 heavy (non-hydrogen) atoms. The van der Waals surface area contributed by atoms with Crippen LogP contribution < -0.4 is 5.32 Å². The summed E-state index contributed by atoms with van der Waals surface area (Å²) in [7, 11) is 0. The molecule has 3 nitrogen and oxygen atoms in total. The first-order valence-electron chi connectivity index (χ1n) is 9.66. The second-order valence-corrected chi connectivity index (χ2v) is 10.8. The molecule has 0 spiro atoms. The van der Waals surface area contributed by atoms with Crippen LogP contribution in [0.1, 0.15) is 35.0 Å². The molecule has 1 amide bonds. The molecule has 0 saturated carbocycles. The molecular weight excluding hydrogens is 454 g/mol. The van der Waals surface area contributed by atoms with E-state index in [1.54, 1.807) is 0 Å². The highest BCUT2D eigenvalue weighted by atomic mass is 79.9. The van der Waals surface area contributed by atoms with Crippen molar-refractivity contribution in [3.05, 3.63) is 64.1 Å². The van der Waals surface area contributed by atoms with Crippen molar-refractivity contribution in [1.29, 1.82) is 0 Å². The Morgan fingerprint density at radius 1 is 1.07 bits per heavy atom. The quantitative estimate of drug-likeness (QED) is 0.585. The van der Waals surface area contributed by atoms with E-state index >= 15 is 0 Å². The molecule has 0 atom stereocenters. The van der Waals surface area contributed by atoms with E-state index in [0.29, 0.717) is 30.6 Å². The van der Waals surface area contributed by atoms with Gasteiger partial charge in [0.25, 0.3) is 0 Å². The van der Waals surface area contributed by atoms with E-state index in [9.17, 15) is 4.79 Å². The van der Waals surface area contributed by atoms with Gasteiger partial charge in [0.2, 0.25) is 5.91 Å². The summed E-state index contributed by atoms with van der Waals surface area (Å²) in [4.78, 5) is 13.5. The number of benzene rings is 2. The van der Waals surface area contributed by atoms with Crippen LogP contribution in [0.4, 0.5) is 5.69 Å². The van der Waals surface area contributed by atoms with Crippen molar-refractivity contribution >= 4 is 51.0 Å². The SMILES string of the molecule is O=C(Nc1cccc(C2SCCCS2)c1)C1(c2ccc(Br)cc2)CCOCC1. The zero-order chi connectivity index (χ0) is 19.4. The normalized spacial score (nSPS) is 19.9. The summed E-state index contributed by atoms with van der Waals surface area (Å²) < 4.78 is 7.06. The molecule has 2 heterocycles. The molecule has 1 N–H and O–H groups in total. The van der Waals surface area contributed by atoms with Crippen LogP contribution in [-0.2, 0) is 14.9 Å². The topological polar surface area (TPSA) is 38.3 Å². The molecule has 0 bridgehead atoms. The summed E-state index contributed by atoms with van der Waals surface area (Å²) in [5.74, 6) is 2.49. The van der Waals surface area contributed by atoms with Gasteiger partial charge in [0.05, 0.1) is 10.00 Å². The number of amides is 1. The van der Waals surface area contributed by atoms with Gasteiger partial charge in [-0.25, -0.2) is 0 Å². The van der Waals surface area contributed by atoms with Crippen molar-refractivity contribution in [2.75, 3.05) is 30.0 Å². The molecule has 2 fully saturated rings. The maximum absolute atomic E-state index is 13.5. The minimum Gasteiger partial charge on any atom is -0.381 e. The average Bonchev–Trinajstić information content (AvgIpc) is 2.75. The van der Waals surface area contributed by atoms with Crippen molar-refractivity contribution < 1.29 is 9.53 Å². The molecule has 2 aromatic rings. The van der Waals surface area contributed by atoms with E-state index < -0.39 is 5.41 Å². The number of carbonyl (C=O) groups is 1. The highest BCUT2D eigenvalue weighted by Crippen LogP contribution is 2.44. The van der Waals surface area contributed by atoms with Gasteiger partial charge in [-0.05, 0) is 66.2 Å². The molecule has 6 heteroatoms. The number of ether oxygens (including phenoxy) is 1. The van der Waals surface area contributed by atoms with Crippen molar-refractivity contribution in [2.24, 2.45) is 0 Å². The number of carbonyl (C=O) groups excluding carboxylic acids is 1.